The fraction of sp³-hybridized carbons (Fsp3) is 0.125. The Labute approximate surface area is 146 Å². The second-order valence-corrected chi connectivity index (χ2v) is 6.30. The number of halogens is 3. The van der Waals surface area contributed by atoms with Crippen molar-refractivity contribution in [2.75, 3.05) is 0 Å². The molecule has 0 aromatic heterocycles. The molecular weight excluding hydrogens is 391 g/mol. The highest BCUT2D eigenvalue weighted by Gasteiger charge is 2.22. The van der Waals surface area contributed by atoms with Gasteiger partial charge in [0.2, 0.25) is 5.78 Å². The molecule has 0 saturated heterocycles. The number of hydrogen-bond donors (Lipinski definition) is 0. The predicted molar refractivity (Wildman–Crippen MR) is 89.8 cm³/mol. The maximum Gasteiger partial charge on any atom is 0.340 e. The van der Waals surface area contributed by atoms with Gasteiger partial charge < -0.3 is 4.74 Å². The standard InChI is InChI=1S/C16H11BrCl2O3/c1-9(15(20)10-2-4-11(17)5-3-10)22-16(21)13-8-12(18)6-7-14(13)19/h2-9H,1H3/t9-/m1/s1. The summed E-state index contributed by atoms with van der Waals surface area (Å²) in [5.41, 5.74) is 0.588. The highest BCUT2D eigenvalue weighted by molar-refractivity contribution is 9.10. The van der Waals surface area contributed by atoms with E-state index in [1.165, 1.54) is 19.1 Å². The highest BCUT2D eigenvalue weighted by atomic mass is 79.9. The fourth-order valence-electron chi connectivity index (χ4n) is 1.78. The van der Waals surface area contributed by atoms with Gasteiger partial charge in [-0.3, -0.25) is 4.79 Å². The molecule has 3 nitrogen and oxygen atoms in total. The lowest BCUT2D eigenvalue weighted by Gasteiger charge is -2.13. The van der Waals surface area contributed by atoms with Crippen LogP contribution in [0.1, 0.15) is 27.6 Å². The van der Waals surface area contributed by atoms with E-state index in [-0.39, 0.29) is 16.4 Å². The Bertz CT molecular complexity index is 714. The van der Waals surface area contributed by atoms with Gasteiger partial charge in [-0.15, -0.1) is 0 Å². The summed E-state index contributed by atoms with van der Waals surface area (Å²) in [5, 5.41) is 0.584. The molecule has 2 aromatic carbocycles. The first-order valence-electron chi connectivity index (χ1n) is 6.34. The fourth-order valence-corrected chi connectivity index (χ4v) is 2.41. The molecule has 0 fully saturated rings. The van der Waals surface area contributed by atoms with E-state index in [0.29, 0.717) is 10.6 Å². The maximum atomic E-state index is 12.2. The molecular formula is C16H11BrCl2O3. The second kappa shape index (κ2) is 7.27. The van der Waals surface area contributed by atoms with E-state index in [2.05, 4.69) is 15.9 Å². The third-order valence-corrected chi connectivity index (χ3v) is 4.02. The van der Waals surface area contributed by atoms with Gasteiger partial charge in [-0.05, 0) is 37.3 Å². The molecule has 0 bridgehead atoms. The third kappa shape index (κ3) is 4.09. The lowest BCUT2D eigenvalue weighted by molar-refractivity contribution is 0.0319. The van der Waals surface area contributed by atoms with Gasteiger partial charge in [-0.1, -0.05) is 51.3 Å². The summed E-state index contributed by atoms with van der Waals surface area (Å²) in [6.07, 6.45) is -0.927. The number of ether oxygens (including phenoxy) is 1. The Hall–Kier alpha value is -1.36. The summed E-state index contributed by atoms with van der Waals surface area (Å²) in [5.74, 6) is -0.982. The molecule has 0 amide bonds. The highest BCUT2D eigenvalue weighted by Crippen LogP contribution is 2.22. The topological polar surface area (TPSA) is 43.4 Å². The number of benzene rings is 2. The quantitative estimate of drug-likeness (QED) is 0.523. The Morgan fingerprint density at radius 1 is 1.09 bits per heavy atom. The van der Waals surface area contributed by atoms with Gasteiger partial charge in [0.05, 0.1) is 10.6 Å². The van der Waals surface area contributed by atoms with Crippen molar-refractivity contribution in [3.8, 4) is 0 Å². The number of hydrogen-bond acceptors (Lipinski definition) is 3. The lowest BCUT2D eigenvalue weighted by Crippen LogP contribution is -2.24. The van der Waals surface area contributed by atoms with E-state index in [9.17, 15) is 9.59 Å². The van der Waals surface area contributed by atoms with Crippen molar-refractivity contribution in [2.24, 2.45) is 0 Å². The average Bonchev–Trinajstić information content (AvgIpc) is 2.49. The van der Waals surface area contributed by atoms with Gasteiger partial charge in [0, 0.05) is 15.1 Å². The van der Waals surface area contributed by atoms with Crippen LogP contribution in [0.5, 0.6) is 0 Å². The van der Waals surface area contributed by atoms with Crippen molar-refractivity contribution in [3.63, 3.8) is 0 Å². The number of Topliss-reactive ketones (excluding diaryl/α,β-unsaturated/α-hetero) is 1. The van der Waals surface area contributed by atoms with Gasteiger partial charge in [0.15, 0.2) is 6.10 Å². The van der Waals surface area contributed by atoms with Crippen molar-refractivity contribution >= 4 is 50.9 Å². The number of rotatable bonds is 4. The summed E-state index contributed by atoms with van der Waals surface area (Å²) in [7, 11) is 0. The van der Waals surface area contributed by atoms with E-state index < -0.39 is 12.1 Å². The van der Waals surface area contributed by atoms with Crippen molar-refractivity contribution in [2.45, 2.75) is 13.0 Å². The van der Waals surface area contributed by atoms with Gasteiger partial charge >= 0.3 is 5.97 Å². The number of carbonyl (C=O) groups is 2. The molecule has 22 heavy (non-hydrogen) atoms. The van der Waals surface area contributed by atoms with Crippen LogP contribution in [-0.4, -0.2) is 17.9 Å². The monoisotopic (exact) mass is 400 g/mol. The minimum atomic E-state index is -0.927. The molecule has 2 rings (SSSR count). The molecule has 0 aliphatic heterocycles. The van der Waals surface area contributed by atoms with Gasteiger partial charge in [-0.25, -0.2) is 4.79 Å². The van der Waals surface area contributed by atoms with Crippen molar-refractivity contribution in [1.82, 2.24) is 0 Å². The van der Waals surface area contributed by atoms with Crippen LogP contribution in [0.15, 0.2) is 46.9 Å². The van der Waals surface area contributed by atoms with E-state index in [1.807, 2.05) is 0 Å². The molecule has 0 heterocycles. The van der Waals surface area contributed by atoms with Crippen molar-refractivity contribution in [1.29, 1.82) is 0 Å². The summed E-state index contributed by atoms with van der Waals surface area (Å²) >= 11 is 15.1. The molecule has 0 radical (unpaired) electrons. The first kappa shape index (κ1) is 17.0. The summed E-state index contributed by atoms with van der Waals surface area (Å²) < 4.78 is 6.04. The maximum absolute atomic E-state index is 12.2. The summed E-state index contributed by atoms with van der Waals surface area (Å²) in [6.45, 7) is 1.51. The van der Waals surface area contributed by atoms with Crippen molar-refractivity contribution < 1.29 is 14.3 Å². The minimum Gasteiger partial charge on any atom is -0.451 e. The zero-order valence-corrected chi connectivity index (χ0v) is 14.6. The molecule has 0 unspecified atom stereocenters. The number of carbonyl (C=O) groups excluding carboxylic acids is 2. The largest absolute Gasteiger partial charge is 0.451 e. The normalized spacial score (nSPS) is 11.8. The van der Waals surface area contributed by atoms with E-state index in [4.69, 9.17) is 27.9 Å². The first-order chi connectivity index (χ1) is 10.4. The van der Waals surface area contributed by atoms with Gasteiger partial charge in [0.1, 0.15) is 0 Å². The van der Waals surface area contributed by atoms with E-state index in [0.717, 1.165) is 4.47 Å². The molecule has 0 aliphatic rings. The molecule has 0 saturated carbocycles. The van der Waals surface area contributed by atoms with Crippen LogP contribution in [0.2, 0.25) is 10.0 Å². The minimum absolute atomic E-state index is 0.129. The van der Waals surface area contributed by atoms with Crippen LogP contribution in [0.3, 0.4) is 0 Å². The number of esters is 1. The molecule has 0 spiro atoms. The molecule has 2 aromatic rings. The second-order valence-electron chi connectivity index (χ2n) is 4.54. The van der Waals surface area contributed by atoms with E-state index >= 15 is 0 Å². The Morgan fingerprint density at radius 2 is 1.73 bits per heavy atom. The van der Waals surface area contributed by atoms with Crippen LogP contribution in [-0.2, 0) is 4.74 Å². The van der Waals surface area contributed by atoms with Crippen LogP contribution in [0.4, 0.5) is 0 Å². The van der Waals surface area contributed by atoms with Crippen LogP contribution >= 0.6 is 39.1 Å². The number of ketones is 1. The third-order valence-electron chi connectivity index (χ3n) is 2.93. The van der Waals surface area contributed by atoms with Crippen LogP contribution < -0.4 is 0 Å². The van der Waals surface area contributed by atoms with Gasteiger partial charge in [-0.2, -0.15) is 0 Å². The molecule has 0 aliphatic carbocycles. The van der Waals surface area contributed by atoms with E-state index in [1.54, 1.807) is 30.3 Å². The van der Waals surface area contributed by atoms with Crippen LogP contribution in [0.25, 0.3) is 0 Å². The van der Waals surface area contributed by atoms with Crippen molar-refractivity contribution in [3.05, 3.63) is 68.1 Å². The Kier molecular flexibility index (Phi) is 5.62. The Morgan fingerprint density at radius 3 is 2.36 bits per heavy atom. The molecule has 114 valence electrons. The molecule has 1 atom stereocenters. The average molecular weight is 402 g/mol. The SMILES string of the molecule is C[C@@H](OC(=O)c1cc(Cl)ccc1Cl)C(=O)c1ccc(Br)cc1. The molecule has 6 heteroatoms. The van der Waals surface area contributed by atoms with Gasteiger partial charge in [0.25, 0.3) is 0 Å². The first-order valence-corrected chi connectivity index (χ1v) is 7.89. The lowest BCUT2D eigenvalue weighted by atomic mass is 10.1. The predicted octanol–water partition coefficient (Wildman–Crippen LogP) is 5.18. The Balaban J connectivity index is 2.12. The zero-order valence-electron chi connectivity index (χ0n) is 11.5. The summed E-state index contributed by atoms with van der Waals surface area (Å²) in [6, 6.07) is 11.3. The smallest absolute Gasteiger partial charge is 0.340 e. The zero-order chi connectivity index (χ0) is 16.3. The van der Waals surface area contributed by atoms with Crippen LogP contribution in [0, 0.1) is 0 Å². The molecule has 0 N–H and O–H groups in total. The summed E-state index contributed by atoms with van der Waals surface area (Å²) in [4.78, 5) is 24.3.